The SMILES string of the molecule is Cc1ncc(C(=O)Nc2ccc(Oc3ccnc(-c4cnn(C)c4)c3)cc2)c(=O)n1C. The fourth-order valence-corrected chi connectivity index (χ4v) is 2.91. The first-order valence-electron chi connectivity index (χ1n) is 9.47. The number of carbonyl (C=O) groups excluding carboxylic acids is 1. The van der Waals surface area contributed by atoms with Crippen molar-refractivity contribution in [2.75, 3.05) is 5.32 Å². The number of benzene rings is 1. The number of pyridine rings is 1. The van der Waals surface area contributed by atoms with Crippen LogP contribution in [-0.2, 0) is 14.1 Å². The van der Waals surface area contributed by atoms with Crippen LogP contribution in [0.5, 0.6) is 11.5 Å². The van der Waals surface area contributed by atoms with Crippen molar-refractivity contribution < 1.29 is 9.53 Å². The summed E-state index contributed by atoms with van der Waals surface area (Å²) in [7, 11) is 3.42. The Bertz CT molecular complexity index is 1310. The van der Waals surface area contributed by atoms with Crippen molar-refractivity contribution in [3.8, 4) is 22.8 Å². The minimum Gasteiger partial charge on any atom is -0.457 e. The van der Waals surface area contributed by atoms with Gasteiger partial charge >= 0.3 is 0 Å². The van der Waals surface area contributed by atoms with E-state index in [-0.39, 0.29) is 5.56 Å². The number of hydrogen-bond donors (Lipinski definition) is 1. The number of amides is 1. The number of anilines is 1. The molecule has 0 bridgehead atoms. The van der Waals surface area contributed by atoms with Crippen LogP contribution in [0.15, 0.2) is 66.0 Å². The molecule has 0 unspecified atom stereocenters. The van der Waals surface area contributed by atoms with E-state index in [2.05, 4.69) is 20.4 Å². The Morgan fingerprint density at radius 3 is 2.52 bits per heavy atom. The van der Waals surface area contributed by atoms with Gasteiger partial charge in [0, 0.05) is 50.0 Å². The summed E-state index contributed by atoms with van der Waals surface area (Å²) in [5.74, 6) is 1.23. The number of aromatic nitrogens is 5. The summed E-state index contributed by atoms with van der Waals surface area (Å²) in [6, 6.07) is 10.4. The summed E-state index contributed by atoms with van der Waals surface area (Å²) in [5.41, 5.74) is 1.76. The van der Waals surface area contributed by atoms with Crippen LogP contribution in [0.2, 0.25) is 0 Å². The summed E-state index contributed by atoms with van der Waals surface area (Å²) in [6.07, 6.45) is 6.57. The first kappa shape index (κ1) is 20.0. The van der Waals surface area contributed by atoms with Crippen LogP contribution in [0.1, 0.15) is 16.2 Å². The van der Waals surface area contributed by atoms with Crippen LogP contribution >= 0.6 is 0 Å². The maximum Gasteiger partial charge on any atom is 0.266 e. The van der Waals surface area contributed by atoms with Gasteiger partial charge in [0.2, 0.25) is 0 Å². The van der Waals surface area contributed by atoms with Gasteiger partial charge in [-0.1, -0.05) is 0 Å². The van der Waals surface area contributed by atoms with Crippen LogP contribution < -0.4 is 15.6 Å². The molecule has 1 aromatic carbocycles. The zero-order valence-corrected chi connectivity index (χ0v) is 17.2. The van der Waals surface area contributed by atoms with Crippen molar-refractivity contribution >= 4 is 11.6 Å². The lowest BCUT2D eigenvalue weighted by Crippen LogP contribution is -2.29. The molecule has 0 saturated carbocycles. The van der Waals surface area contributed by atoms with Gasteiger partial charge in [0.25, 0.3) is 11.5 Å². The highest BCUT2D eigenvalue weighted by Crippen LogP contribution is 2.26. The fourth-order valence-electron chi connectivity index (χ4n) is 2.91. The summed E-state index contributed by atoms with van der Waals surface area (Å²) in [4.78, 5) is 33.1. The van der Waals surface area contributed by atoms with E-state index >= 15 is 0 Å². The Morgan fingerprint density at radius 1 is 1.03 bits per heavy atom. The molecule has 3 aromatic heterocycles. The summed E-state index contributed by atoms with van der Waals surface area (Å²) in [5, 5.41) is 6.86. The second-order valence-electron chi connectivity index (χ2n) is 6.94. The zero-order chi connectivity index (χ0) is 22.0. The maximum absolute atomic E-state index is 12.4. The predicted octanol–water partition coefficient (Wildman–Crippen LogP) is 2.93. The van der Waals surface area contributed by atoms with E-state index in [9.17, 15) is 9.59 Å². The summed E-state index contributed by atoms with van der Waals surface area (Å²) in [6.45, 7) is 1.70. The molecule has 31 heavy (non-hydrogen) atoms. The van der Waals surface area contributed by atoms with E-state index in [4.69, 9.17) is 4.74 Å². The number of nitrogens with zero attached hydrogens (tertiary/aromatic N) is 5. The molecule has 0 radical (unpaired) electrons. The lowest BCUT2D eigenvalue weighted by Gasteiger charge is -2.09. The Morgan fingerprint density at radius 2 is 1.81 bits per heavy atom. The van der Waals surface area contributed by atoms with Crippen molar-refractivity contribution in [3.63, 3.8) is 0 Å². The quantitative estimate of drug-likeness (QED) is 0.536. The van der Waals surface area contributed by atoms with Gasteiger partial charge in [-0.05, 0) is 37.3 Å². The number of nitrogens with one attached hydrogen (secondary N) is 1. The first-order chi connectivity index (χ1) is 14.9. The van der Waals surface area contributed by atoms with Gasteiger partial charge in [0.05, 0.1) is 11.9 Å². The molecule has 4 rings (SSSR count). The van der Waals surface area contributed by atoms with Crippen LogP contribution in [-0.4, -0.2) is 30.2 Å². The molecule has 1 N–H and O–H groups in total. The Hall–Kier alpha value is -4.27. The van der Waals surface area contributed by atoms with Crippen LogP contribution in [0, 0.1) is 6.92 Å². The van der Waals surface area contributed by atoms with Gasteiger partial charge in [-0.25, -0.2) is 4.98 Å². The highest BCUT2D eigenvalue weighted by molar-refractivity contribution is 6.03. The standard InChI is InChI=1S/C22H20N6O3/c1-14-24-12-19(22(30)28(14)3)21(29)26-16-4-6-17(7-5-16)31-18-8-9-23-20(10-18)15-11-25-27(2)13-15/h4-13H,1-3H3,(H,26,29). The lowest BCUT2D eigenvalue weighted by molar-refractivity contribution is 0.102. The monoisotopic (exact) mass is 416 g/mol. The number of carbonyl (C=O) groups is 1. The van der Waals surface area contributed by atoms with Gasteiger partial charge in [0.15, 0.2) is 0 Å². The van der Waals surface area contributed by atoms with Gasteiger partial charge in [-0.15, -0.1) is 0 Å². The van der Waals surface area contributed by atoms with E-state index in [0.29, 0.717) is 23.0 Å². The average Bonchev–Trinajstić information content (AvgIpc) is 3.20. The summed E-state index contributed by atoms with van der Waals surface area (Å²) >= 11 is 0. The fraction of sp³-hybridized carbons (Fsp3) is 0.136. The molecule has 9 nitrogen and oxygen atoms in total. The van der Waals surface area contributed by atoms with E-state index in [1.165, 1.54) is 10.8 Å². The van der Waals surface area contributed by atoms with Crippen LogP contribution in [0.3, 0.4) is 0 Å². The number of hydrogen-bond acceptors (Lipinski definition) is 6. The molecule has 4 aromatic rings. The smallest absolute Gasteiger partial charge is 0.266 e. The molecule has 9 heteroatoms. The van der Waals surface area contributed by atoms with Crippen molar-refractivity contribution in [2.45, 2.75) is 6.92 Å². The zero-order valence-electron chi connectivity index (χ0n) is 17.2. The van der Waals surface area contributed by atoms with Crippen LogP contribution in [0.4, 0.5) is 5.69 Å². The lowest BCUT2D eigenvalue weighted by atomic mass is 10.2. The molecule has 0 fully saturated rings. The molecule has 0 aliphatic rings. The predicted molar refractivity (Wildman–Crippen MR) is 115 cm³/mol. The van der Waals surface area contributed by atoms with E-state index < -0.39 is 11.5 Å². The third-order valence-electron chi connectivity index (χ3n) is 4.73. The molecule has 156 valence electrons. The molecular formula is C22H20N6O3. The van der Waals surface area contributed by atoms with Crippen molar-refractivity contribution in [3.05, 3.63) is 82.9 Å². The average molecular weight is 416 g/mol. The number of rotatable bonds is 5. The minimum atomic E-state index is -0.517. The van der Waals surface area contributed by atoms with Gasteiger partial charge in [-0.2, -0.15) is 5.10 Å². The maximum atomic E-state index is 12.4. The summed E-state index contributed by atoms with van der Waals surface area (Å²) < 4.78 is 8.94. The Balaban J connectivity index is 1.46. The Kier molecular flexibility index (Phi) is 5.31. The van der Waals surface area contributed by atoms with Gasteiger partial charge in [0.1, 0.15) is 22.9 Å². The number of ether oxygens (including phenoxy) is 1. The largest absolute Gasteiger partial charge is 0.457 e. The topological polar surface area (TPSA) is 104 Å². The molecule has 0 saturated heterocycles. The second-order valence-corrected chi connectivity index (χ2v) is 6.94. The highest BCUT2D eigenvalue weighted by atomic mass is 16.5. The first-order valence-corrected chi connectivity index (χ1v) is 9.47. The van der Waals surface area contributed by atoms with Gasteiger partial charge in [-0.3, -0.25) is 23.8 Å². The van der Waals surface area contributed by atoms with E-state index in [1.807, 2.05) is 19.3 Å². The molecule has 1 amide bonds. The van der Waals surface area contributed by atoms with Gasteiger partial charge < -0.3 is 10.1 Å². The molecule has 0 aliphatic carbocycles. The van der Waals surface area contributed by atoms with Crippen molar-refractivity contribution in [1.82, 2.24) is 24.3 Å². The third kappa shape index (κ3) is 4.35. The van der Waals surface area contributed by atoms with Crippen molar-refractivity contribution in [2.24, 2.45) is 14.1 Å². The Labute approximate surface area is 178 Å². The molecule has 0 aliphatic heterocycles. The normalized spacial score (nSPS) is 10.7. The molecule has 0 atom stereocenters. The van der Waals surface area contributed by atoms with Crippen molar-refractivity contribution in [1.29, 1.82) is 0 Å². The van der Waals surface area contributed by atoms with E-state index in [0.717, 1.165) is 11.3 Å². The van der Waals surface area contributed by atoms with E-state index in [1.54, 1.807) is 61.4 Å². The highest BCUT2D eigenvalue weighted by Gasteiger charge is 2.13. The second kappa shape index (κ2) is 8.23. The van der Waals surface area contributed by atoms with Crippen LogP contribution in [0.25, 0.3) is 11.3 Å². The number of aryl methyl sites for hydroxylation is 2. The molecule has 0 spiro atoms. The molecular weight excluding hydrogens is 396 g/mol. The third-order valence-corrected chi connectivity index (χ3v) is 4.73. The molecule has 3 heterocycles. The minimum absolute atomic E-state index is 0.0202.